The summed E-state index contributed by atoms with van der Waals surface area (Å²) in [5.74, 6) is 0.646. The molecule has 1 N–H and O–H groups in total. The standard InChI is InChI=1S/C13H16BrNOS/c14-10-5-6-11(12(17)7-10)13(16)15-8-9-3-1-2-4-9/h5-7,9,17H,1-4,8H2,(H,15,16). The van der Waals surface area contributed by atoms with Crippen LogP contribution in [0.3, 0.4) is 0 Å². The maximum atomic E-state index is 12.0. The van der Waals surface area contributed by atoms with Crippen molar-refractivity contribution >= 4 is 34.5 Å². The summed E-state index contributed by atoms with van der Waals surface area (Å²) in [5.41, 5.74) is 0.648. The van der Waals surface area contributed by atoms with E-state index >= 15 is 0 Å². The Morgan fingerprint density at radius 1 is 1.41 bits per heavy atom. The quantitative estimate of drug-likeness (QED) is 0.819. The average molecular weight is 314 g/mol. The van der Waals surface area contributed by atoms with Crippen molar-refractivity contribution in [3.8, 4) is 0 Å². The van der Waals surface area contributed by atoms with Crippen LogP contribution < -0.4 is 5.32 Å². The molecule has 0 aromatic heterocycles. The van der Waals surface area contributed by atoms with Crippen LogP contribution in [-0.4, -0.2) is 12.5 Å². The highest BCUT2D eigenvalue weighted by Crippen LogP contribution is 2.24. The molecule has 0 bridgehead atoms. The minimum atomic E-state index is -0.0191. The minimum Gasteiger partial charge on any atom is -0.352 e. The van der Waals surface area contributed by atoms with Crippen LogP contribution in [0.1, 0.15) is 36.0 Å². The van der Waals surface area contributed by atoms with E-state index in [0.717, 1.165) is 11.0 Å². The zero-order valence-corrected chi connectivity index (χ0v) is 12.1. The summed E-state index contributed by atoms with van der Waals surface area (Å²) in [6, 6.07) is 5.51. The van der Waals surface area contributed by atoms with E-state index in [-0.39, 0.29) is 5.91 Å². The smallest absolute Gasteiger partial charge is 0.252 e. The topological polar surface area (TPSA) is 29.1 Å². The molecule has 0 heterocycles. The molecule has 2 rings (SSSR count). The number of thiol groups is 1. The molecule has 2 nitrogen and oxygen atoms in total. The number of carbonyl (C=O) groups is 1. The molecule has 1 aromatic rings. The number of carbonyl (C=O) groups excluding carboxylic acids is 1. The van der Waals surface area contributed by atoms with Gasteiger partial charge >= 0.3 is 0 Å². The van der Waals surface area contributed by atoms with Gasteiger partial charge in [-0.2, -0.15) is 0 Å². The van der Waals surface area contributed by atoms with Gasteiger partial charge in [0.25, 0.3) is 5.91 Å². The normalized spacial score (nSPS) is 16.1. The lowest BCUT2D eigenvalue weighted by Crippen LogP contribution is -2.28. The molecule has 4 heteroatoms. The Hall–Kier alpha value is -0.480. The highest BCUT2D eigenvalue weighted by Gasteiger charge is 2.16. The Morgan fingerprint density at radius 2 is 2.12 bits per heavy atom. The third kappa shape index (κ3) is 3.49. The third-order valence-corrected chi connectivity index (χ3v) is 4.09. The van der Waals surface area contributed by atoms with Crippen molar-refractivity contribution in [3.63, 3.8) is 0 Å². The van der Waals surface area contributed by atoms with E-state index < -0.39 is 0 Å². The predicted octanol–water partition coefficient (Wildman–Crippen LogP) is 3.66. The lowest BCUT2D eigenvalue weighted by atomic mass is 10.1. The molecule has 1 aliphatic carbocycles. The van der Waals surface area contributed by atoms with Gasteiger partial charge in [0, 0.05) is 15.9 Å². The molecule has 1 amide bonds. The maximum absolute atomic E-state index is 12.0. The van der Waals surface area contributed by atoms with Crippen molar-refractivity contribution in [2.75, 3.05) is 6.54 Å². The number of rotatable bonds is 3. The zero-order chi connectivity index (χ0) is 12.3. The first kappa shape index (κ1) is 13.0. The van der Waals surface area contributed by atoms with Crippen molar-refractivity contribution in [2.24, 2.45) is 5.92 Å². The van der Waals surface area contributed by atoms with E-state index in [4.69, 9.17) is 0 Å². The first-order valence-electron chi connectivity index (χ1n) is 5.93. The Balaban J connectivity index is 1.94. The third-order valence-electron chi connectivity index (χ3n) is 3.23. The summed E-state index contributed by atoms with van der Waals surface area (Å²) in [7, 11) is 0. The molecule has 1 saturated carbocycles. The fourth-order valence-corrected chi connectivity index (χ4v) is 3.10. The second-order valence-corrected chi connectivity index (χ2v) is 5.92. The zero-order valence-electron chi connectivity index (χ0n) is 9.58. The van der Waals surface area contributed by atoms with E-state index in [2.05, 4.69) is 33.9 Å². The number of nitrogens with one attached hydrogen (secondary N) is 1. The molecule has 1 aromatic carbocycles. The fraction of sp³-hybridized carbons (Fsp3) is 0.462. The summed E-state index contributed by atoms with van der Waals surface area (Å²) in [6.07, 6.45) is 5.09. The van der Waals surface area contributed by atoms with E-state index in [1.165, 1.54) is 25.7 Å². The van der Waals surface area contributed by atoms with Crippen LogP contribution in [0.4, 0.5) is 0 Å². The molecule has 0 saturated heterocycles. The van der Waals surface area contributed by atoms with Gasteiger partial charge in [-0.25, -0.2) is 0 Å². The summed E-state index contributed by atoms with van der Waals surface area (Å²) in [5, 5.41) is 3.00. The van der Waals surface area contributed by atoms with Gasteiger partial charge in [0.2, 0.25) is 0 Å². The summed E-state index contributed by atoms with van der Waals surface area (Å²) >= 11 is 7.68. The number of amides is 1. The van der Waals surface area contributed by atoms with Gasteiger partial charge in [-0.1, -0.05) is 28.8 Å². The van der Waals surface area contributed by atoms with Gasteiger partial charge in [0.05, 0.1) is 5.56 Å². The van der Waals surface area contributed by atoms with Gasteiger partial charge < -0.3 is 5.32 Å². The fourth-order valence-electron chi connectivity index (χ4n) is 2.24. The Labute approximate surface area is 116 Å². The second-order valence-electron chi connectivity index (χ2n) is 4.52. The van der Waals surface area contributed by atoms with Crippen LogP contribution in [0.2, 0.25) is 0 Å². The van der Waals surface area contributed by atoms with Gasteiger partial charge in [-0.15, -0.1) is 12.6 Å². The highest BCUT2D eigenvalue weighted by atomic mass is 79.9. The predicted molar refractivity (Wildman–Crippen MR) is 75.7 cm³/mol. The molecule has 1 aliphatic rings. The van der Waals surface area contributed by atoms with Crippen molar-refractivity contribution in [1.82, 2.24) is 5.32 Å². The van der Waals surface area contributed by atoms with Gasteiger partial charge in [0.1, 0.15) is 0 Å². The lowest BCUT2D eigenvalue weighted by Gasteiger charge is -2.11. The van der Waals surface area contributed by atoms with Gasteiger partial charge in [0.15, 0.2) is 0 Å². The molecule has 92 valence electrons. The van der Waals surface area contributed by atoms with Gasteiger partial charge in [-0.3, -0.25) is 4.79 Å². The van der Waals surface area contributed by atoms with E-state index in [0.29, 0.717) is 16.4 Å². The highest BCUT2D eigenvalue weighted by molar-refractivity contribution is 9.10. The SMILES string of the molecule is O=C(NCC1CCCC1)c1ccc(Br)cc1S. The molecule has 0 unspecified atom stereocenters. The monoisotopic (exact) mass is 313 g/mol. The van der Waals surface area contributed by atoms with Crippen molar-refractivity contribution in [1.29, 1.82) is 0 Å². The lowest BCUT2D eigenvalue weighted by molar-refractivity contribution is 0.0944. The molecular formula is C13H16BrNOS. The number of benzene rings is 1. The first-order valence-corrected chi connectivity index (χ1v) is 7.17. The second kappa shape index (κ2) is 5.91. The minimum absolute atomic E-state index is 0.0191. The average Bonchev–Trinajstić information content (AvgIpc) is 2.78. The molecule has 0 spiro atoms. The van der Waals surface area contributed by atoms with E-state index in [9.17, 15) is 4.79 Å². The Bertz CT molecular complexity index is 416. The summed E-state index contributed by atoms with van der Waals surface area (Å²) in [6.45, 7) is 0.794. The molecule has 0 radical (unpaired) electrons. The number of halogens is 1. The van der Waals surface area contributed by atoms with Crippen LogP contribution in [0, 0.1) is 5.92 Å². The van der Waals surface area contributed by atoms with Crippen LogP contribution in [0.15, 0.2) is 27.6 Å². The van der Waals surface area contributed by atoms with E-state index in [1.807, 2.05) is 12.1 Å². The largest absolute Gasteiger partial charge is 0.352 e. The van der Waals surface area contributed by atoms with Crippen LogP contribution in [-0.2, 0) is 0 Å². The van der Waals surface area contributed by atoms with E-state index in [1.54, 1.807) is 6.07 Å². The molecule has 1 fully saturated rings. The number of hydrogen-bond acceptors (Lipinski definition) is 2. The molecular weight excluding hydrogens is 298 g/mol. The first-order chi connectivity index (χ1) is 8.16. The van der Waals surface area contributed by atoms with Gasteiger partial charge in [-0.05, 0) is 37.0 Å². The number of hydrogen-bond donors (Lipinski definition) is 2. The summed E-state index contributed by atoms with van der Waals surface area (Å²) in [4.78, 5) is 12.7. The Kier molecular flexibility index (Phi) is 4.51. The van der Waals surface area contributed by atoms with Crippen LogP contribution >= 0.6 is 28.6 Å². The van der Waals surface area contributed by atoms with Crippen LogP contribution in [0.25, 0.3) is 0 Å². The van der Waals surface area contributed by atoms with Crippen molar-refractivity contribution in [3.05, 3.63) is 28.2 Å². The maximum Gasteiger partial charge on any atom is 0.252 e. The molecule has 0 aliphatic heterocycles. The van der Waals surface area contributed by atoms with Crippen LogP contribution in [0.5, 0.6) is 0 Å². The summed E-state index contributed by atoms with van der Waals surface area (Å²) < 4.78 is 0.940. The molecule has 17 heavy (non-hydrogen) atoms. The molecule has 0 atom stereocenters. The van der Waals surface area contributed by atoms with Crippen molar-refractivity contribution < 1.29 is 4.79 Å². The van der Waals surface area contributed by atoms with Crippen molar-refractivity contribution in [2.45, 2.75) is 30.6 Å². The Morgan fingerprint density at radius 3 is 2.76 bits per heavy atom.